The third-order valence-corrected chi connectivity index (χ3v) is 3.77. The van der Waals surface area contributed by atoms with E-state index in [0.717, 1.165) is 18.1 Å². The Kier molecular flexibility index (Phi) is 3.45. The average molecular weight is 253 g/mol. The lowest BCUT2D eigenvalue weighted by atomic mass is 9.78. The molecule has 2 aromatic rings. The van der Waals surface area contributed by atoms with Gasteiger partial charge < -0.3 is 5.32 Å². The first-order valence-corrected chi connectivity index (χ1v) is 7.03. The van der Waals surface area contributed by atoms with Gasteiger partial charge in [0.2, 0.25) is 0 Å². The zero-order valence-electron chi connectivity index (χ0n) is 11.3. The Morgan fingerprint density at radius 3 is 2.79 bits per heavy atom. The second kappa shape index (κ2) is 5.39. The van der Waals surface area contributed by atoms with E-state index in [0.29, 0.717) is 5.92 Å². The van der Waals surface area contributed by atoms with Crippen LogP contribution in [0.2, 0.25) is 0 Å². The highest BCUT2D eigenvalue weighted by molar-refractivity contribution is 5.65. The number of rotatable bonds is 4. The van der Waals surface area contributed by atoms with Gasteiger partial charge in [-0.15, -0.1) is 0 Å². The minimum absolute atomic E-state index is 0.709. The summed E-state index contributed by atoms with van der Waals surface area (Å²) >= 11 is 0. The Bertz CT molecular complexity index is 561. The highest BCUT2D eigenvalue weighted by Crippen LogP contribution is 2.40. The minimum Gasteiger partial charge on any atom is -0.369 e. The van der Waals surface area contributed by atoms with Crippen molar-refractivity contribution in [2.75, 3.05) is 11.9 Å². The summed E-state index contributed by atoms with van der Waals surface area (Å²) in [4.78, 5) is 8.96. The smallest absolute Gasteiger partial charge is 0.145 e. The molecule has 0 saturated heterocycles. The fourth-order valence-corrected chi connectivity index (χ4v) is 2.57. The molecule has 3 heteroatoms. The van der Waals surface area contributed by atoms with E-state index in [1.807, 2.05) is 6.20 Å². The first kappa shape index (κ1) is 12.2. The molecule has 0 atom stereocenters. The van der Waals surface area contributed by atoms with Gasteiger partial charge in [-0.3, -0.25) is 4.98 Å². The topological polar surface area (TPSA) is 37.8 Å². The summed E-state index contributed by atoms with van der Waals surface area (Å²) in [5.74, 6) is 1.56. The second-order valence-corrected chi connectivity index (χ2v) is 5.03. The van der Waals surface area contributed by atoms with Crippen molar-refractivity contribution in [1.29, 1.82) is 0 Å². The number of hydrogen-bond acceptors (Lipinski definition) is 3. The van der Waals surface area contributed by atoms with Gasteiger partial charge >= 0.3 is 0 Å². The number of nitrogens with zero attached hydrogens (tertiary/aromatic N) is 2. The fraction of sp³-hybridized carbons (Fsp3) is 0.375. The van der Waals surface area contributed by atoms with E-state index < -0.39 is 0 Å². The standard InChI is InChI=1S/C16H19N3/c1-2-18-16-11-17-10-15(19-16)14-9-4-3-8-13(14)12-6-5-7-12/h3-4,8-12H,2,5-7H2,1H3,(H,18,19). The molecule has 0 radical (unpaired) electrons. The van der Waals surface area contributed by atoms with Crippen LogP contribution in [-0.4, -0.2) is 16.5 Å². The molecule has 98 valence electrons. The molecule has 1 aromatic carbocycles. The maximum Gasteiger partial charge on any atom is 0.145 e. The summed E-state index contributed by atoms with van der Waals surface area (Å²) in [5, 5.41) is 3.22. The molecule has 1 aromatic heterocycles. The van der Waals surface area contributed by atoms with E-state index in [2.05, 4.69) is 46.5 Å². The van der Waals surface area contributed by atoms with Crippen molar-refractivity contribution in [1.82, 2.24) is 9.97 Å². The third-order valence-electron chi connectivity index (χ3n) is 3.77. The van der Waals surface area contributed by atoms with Crippen molar-refractivity contribution in [3.05, 3.63) is 42.2 Å². The van der Waals surface area contributed by atoms with Crippen LogP contribution in [-0.2, 0) is 0 Å². The van der Waals surface area contributed by atoms with E-state index in [1.54, 1.807) is 6.20 Å². The predicted octanol–water partition coefficient (Wildman–Crippen LogP) is 3.84. The number of nitrogens with one attached hydrogen (secondary N) is 1. The van der Waals surface area contributed by atoms with Crippen LogP contribution in [0.5, 0.6) is 0 Å². The Labute approximate surface area is 114 Å². The van der Waals surface area contributed by atoms with Gasteiger partial charge in [0, 0.05) is 12.1 Å². The lowest BCUT2D eigenvalue weighted by Crippen LogP contribution is -2.10. The molecule has 3 nitrogen and oxygen atoms in total. The van der Waals surface area contributed by atoms with Crippen LogP contribution in [0.25, 0.3) is 11.3 Å². The molecule has 1 aliphatic carbocycles. The van der Waals surface area contributed by atoms with Gasteiger partial charge in [-0.05, 0) is 31.2 Å². The first-order valence-electron chi connectivity index (χ1n) is 7.03. The summed E-state index contributed by atoms with van der Waals surface area (Å²) in [6.45, 7) is 2.93. The maximum absolute atomic E-state index is 4.66. The first-order chi connectivity index (χ1) is 9.38. The highest BCUT2D eigenvalue weighted by atomic mass is 15.0. The van der Waals surface area contributed by atoms with Crippen LogP contribution in [0.1, 0.15) is 37.7 Å². The SMILES string of the molecule is CCNc1cncc(-c2ccccc2C2CCC2)n1. The Balaban J connectivity index is 1.99. The van der Waals surface area contributed by atoms with Crippen LogP contribution in [0, 0.1) is 0 Å². The molecule has 1 aliphatic rings. The van der Waals surface area contributed by atoms with Crippen LogP contribution in [0.4, 0.5) is 5.82 Å². The Morgan fingerprint density at radius 2 is 2.05 bits per heavy atom. The number of benzene rings is 1. The maximum atomic E-state index is 4.66. The van der Waals surface area contributed by atoms with Crippen molar-refractivity contribution in [3.8, 4) is 11.3 Å². The van der Waals surface area contributed by atoms with Gasteiger partial charge in [0.25, 0.3) is 0 Å². The van der Waals surface area contributed by atoms with Gasteiger partial charge in [0.1, 0.15) is 5.82 Å². The van der Waals surface area contributed by atoms with Gasteiger partial charge in [-0.25, -0.2) is 4.98 Å². The van der Waals surface area contributed by atoms with E-state index in [4.69, 9.17) is 0 Å². The largest absolute Gasteiger partial charge is 0.369 e. The summed E-state index contributed by atoms with van der Waals surface area (Å²) in [6, 6.07) is 8.60. The minimum atomic E-state index is 0.709. The second-order valence-electron chi connectivity index (χ2n) is 5.03. The average Bonchev–Trinajstić information content (AvgIpc) is 2.38. The van der Waals surface area contributed by atoms with Crippen LogP contribution < -0.4 is 5.32 Å². The van der Waals surface area contributed by atoms with Crippen molar-refractivity contribution >= 4 is 5.82 Å². The molecule has 0 spiro atoms. The molecule has 1 saturated carbocycles. The van der Waals surface area contributed by atoms with Crippen LogP contribution >= 0.6 is 0 Å². The van der Waals surface area contributed by atoms with Gasteiger partial charge in [-0.2, -0.15) is 0 Å². The predicted molar refractivity (Wildman–Crippen MR) is 78.2 cm³/mol. The molecule has 3 rings (SSSR count). The molecule has 0 bridgehead atoms. The summed E-state index contributed by atoms with van der Waals surface area (Å²) in [6.07, 6.45) is 7.59. The summed E-state index contributed by atoms with van der Waals surface area (Å²) < 4.78 is 0. The van der Waals surface area contributed by atoms with Gasteiger partial charge in [0.05, 0.1) is 18.1 Å². The lowest BCUT2D eigenvalue weighted by molar-refractivity contribution is 0.420. The monoisotopic (exact) mass is 253 g/mol. The third kappa shape index (κ3) is 2.46. The quantitative estimate of drug-likeness (QED) is 0.899. The zero-order chi connectivity index (χ0) is 13.1. The molecule has 1 heterocycles. The van der Waals surface area contributed by atoms with Gasteiger partial charge in [-0.1, -0.05) is 30.7 Å². The molecule has 0 aliphatic heterocycles. The van der Waals surface area contributed by atoms with E-state index in [1.165, 1.54) is 30.4 Å². The van der Waals surface area contributed by atoms with Crippen molar-refractivity contribution < 1.29 is 0 Å². The molecule has 19 heavy (non-hydrogen) atoms. The van der Waals surface area contributed by atoms with Crippen molar-refractivity contribution in [2.45, 2.75) is 32.1 Å². The molecule has 1 N–H and O–H groups in total. The molecule has 0 unspecified atom stereocenters. The number of aromatic nitrogens is 2. The zero-order valence-corrected chi connectivity index (χ0v) is 11.3. The number of anilines is 1. The van der Waals surface area contributed by atoms with Crippen molar-refractivity contribution in [2.24, 2.45) is 0 Å². The summed E-state index contributed by atoms with van der Waals surface area (Å²) in [5.41, 5.74) is 3.64. The van der Waals surface area contributed by atoms with Crippen LogP contribution in [0.3, 0.4) is 0 Å². The van der Waals surface area contributed by atoms with Gasteiger partial charge in [0.15, 0.2) is 0 Å². The summed E-state index contributed by atoms with van der Waals surface area (Å²) in [7, 11) is 0. The van der Waals surface area contributed by atoms with E-state index in [-0.39, 0.29) is 0 Å². The van der Waals surface area contributed by atoms with Crippen LogP contribution in [0.15, 0.2) is 36.7 Å². The number of hydrogen-bond donors (Lipinski definition) is 1. The molecular formula is C16H19N3. The molecule has 1 fully saturated rings. The lowest BCUT2D eigenvalue weighted by Gasteiger charge is -2.27. The normalized spacial score (nSPS) is 15.0. The molecule has 0 amide bonds. The Hall–Kier alpha value is -1.90. The Morgan fingerprint density at radius 1 is 1.21 bits per heavy atom. The van der Waals surface area contributed by atoms with Crippen molar-refractivity contribution in [3.63, 3.8) is 0 Å². The van der Waals surface area contributed by atoms with E-state index in [9.17, 15) is 0 Å². The molecular weight excluding hydrogens is 234 g/mol. The van der Waals surface area contributed by atoms with E-state index >= 15 is 0 Å². The fourth-order valence-electron chi connectivity index (χ4n) is 2.57. The highest BCUT2D eigenvalue weighted by Gasteiger charge is 2.22.